The van der Waals surface area contributed by atoms with Crippen LogP contribution in [0.3, 0.4) is 0 Å². The minimum atomic E-state index is -0.390. The summed E-state index contributed by atoms with van der Waals surface area (Å²) in [6.45, 7) is 11.1. The minimum absolute atomic E-state index is 0.277. The highest BCUT2D eigenvalue weighted by Crippen LogP contribution is 2.22. The zero-order valence-electron chi connectivity index (χ0n) is 12.9. The number of hydrogen-bond acceptors (Lipinski definition) is 5. The quantitative estimate of drug-likeness (QED) is 0.344. The van der Waals surface area contributed by atoms with E-state index in [9.17, 15) is 0 Å². The maximum atomic E-state index is 8.88. The summed E-state index contributed by atoms with van der Waals surface area (Å²) in [6.07, 6.45) is 3.17. The molecule has 2 rings (SSSR count). The Labute approximate surface area is 121 Å². The van der Waals surface area contributed by atoms with Gasteiger partial charge in [0, 0.05) is 32.7 Å². The average Bonchev–Trinajstić information content (AvgIpc) is 2.83. The van der Waals surface area contributed by atoms with Gasteiger partial charge in [0.15, 0.2) is 5.84 Å². The molecule has 2 aliphatic heterocycles. The highest BCUT2D eigenvalue weighted by Gasteiger charge is 2.34. The smallest absolute Gasteiger partial charge is 0.159 e. The summed E-state index contributed by atoms with van der Waals surface area (Å²) in [5.74, 6) is 0.277. The van der Waals surface area contributed by atoms with E-state index in [4.69, 9.17) is 15.7 Å². The Balaban J connectivity index is 1.80. The minimum Gasteiger partial charge on any atom is -0.409 e. The van der Waals surface area contributed by atoms with Gasteiger partial charge in [-0.05, 0) is 33.6 Å². The third-order valence-corrected chi connectivity index (χ3v) is 4.68. The van der Waals surface area contributed by atoms with Gasteiger partial charge in [0.25, 0.3) is 0 Å². The van der Waals surface area contributed by atoms with Crippen LogP contribution in [0, 0.1) is 0 Å². The summed E-state index contributed by atoms with van der Waals surface area (Å²) in [4.78, 5) is 4.73. The zero-order chi connectivity index (χ0) is 14.8. The van der Waals surface area contributed by atoms with E-state index < -0.39 is 0 Å². The molecule has 2 atom stereocenters. The molecule has 0 amide bonds. The standard InChI is InChI=1S/C14H28N4O2/c1-11-4-5-12(20-11)10-17-6-8-18(9-7-17)14(2,3)13(15)16-19/h11-12,19H,4-10H2,1-3H3,(H2,15,16). The largest absolute Gasteiger partial charge is 0.409 e. The molecule has 2 heterocycles. The molecule has 0 bridgehead atoms. The van der Waals surface area contributed by atoms with Gasteiger partial charge in [-0.2, -0.15) is 0 Å². The molecule has 2 aliphatic rings. The lowest BCUT2D eigenvalue weighted by Crippen LogP contribution is -2.60. The summed E-state index contributed by atoms with van der Waals surface area (Å²) in [5, 5.41) is 12.0. The number of oxime groups is 1. The monoisotopic (exact) mass is 284 g/mol. The maximum Gasteiger partial charge on any atom is 0.159 e. The number of ether oxygens (including phenoxy) is 1. The average molecular weight is 284 g/mol. The first-order chi connectivity index (χ1) is 9.43. The third kappa shape index (κ3) is 3.42. The number of piperazine rings is 1. The van der Waals surface area contributed by atoms with Gasteiger partial charge in [-0.1, -0.05) is 5.16 Å². The molecule has 3 N–H and O–H groups in total. The topological polar surface area (TPSA) is 74.3 Å². The lowest BCUT2D eigenvalue weighted by Gasteiger charge is -2.43. The third-order valence-electron chi connectivity index (χ3n) is 4.68. The first-order valence-corrected chi connectivity index (χ1v) is 7.54. The van der Waals surface area contributed by atoms with Crippen molar-refractivity contribution in [2.45, 2.75) is 51.4 Å². The van der Waals surface area contributed by atoms with Crippen LogP contribution in [0.4, 0.5) is 0 Å². The van der Waals surface area contributed by atoms with Gasteiger partial charge < -0.3 is 15.7 Å². The zero-order valence-corrected chi connectivity index (χ0v) is 12.9. The highest BCUT2D eigenvalue weighted by molar-refractivity contribution is 5.88. The molecule has 2 fully saturated rings. The Morgan fingerprint density at radius 1 is 1.30 bits per heavy atom. The molecule has 6 nitrogen and oxygen atoms in total. The first-order valence-electron chi connectivity index (χ1n) is 7.54. The molecule has 0 aromatic rings. The van der Waals surface area contributed by atoms with Crippen molar-refractivity contribution >= 4 is 5.84 Å². The first kappa shape index (κ1) is 15.5. The van der Waals surface area contributed by atoms with E-state index in [0.717, 1.165) is 32.7 Å². The highest BCUT2D eigenvalue weighted by atomic mass is 16.5. The molecule has 0 aliphatic carbocycles. The molecule has 0 aromatic carbocycles. The fourth-order valence-electron chi connectivity index (χ4n) is 3.08. The molecular formula is C14H28N4O2. The molecule has 2 saturated heterocycles. The van der Waals surface area contributed by atoms with E-state index >= 15 is 0 Å². The van der Waals surface area contributed by atoms with Crippen molar-refractivity contribution in [3.8, 4) is 0 Å². The van der Waals surface area contributed by atoms with Gasteiger partial charge in [-0.25, -0.2) is 0 Å². The number of nitrogens with zero attached hydrogens (tertiary/aromatic N) is 3. The number of rotatable bonds is 4. The van der Waals surface area contributed by atoms with Crippen molar-refractivity contribution in [1.29, 1.82) is 0 Å². The second-order valence-corrected chi connectivity index (χ2v) is 6.48. The fourth-order valence-corrected chi connectivity index (χ4v) is 3.08. The number of hydrogen-bond donors (Lipinski definition) is 2. The van der Waals surface area contributed by atoms with Crippen LogP contribution in [0.2, 0.25) is 0 Å². The summed E-state index contributed by atoms with van der Waals surface area (Å²) >= 11 is 0. The molecule has 2 unspecified atom stereocenters. The van der Waals surface area contributed by atoms with E-state index in [1.165, 1.54) is 12.8 Å². The summed E-state index contributed by atoms with van der Waals surface area (Å²) in [5.41, 5.74) is 5.40. The van der Waals surface area contributed by atoms with E-state index in [1.807, 2.05) is 13.8 Å². The molecule has 0 spiro atoms. The second-order valence-electron chi connectivity index (χ2n) is 6.48. The number of amidine groups is 1. The molecule has 0 aromatic heterocycles. The van der Waals surface area contributed by atoms with Crippen LogP contribution in [0.15, 0.2) is 5.16 Å². The van der Waals surface area contributed by atoms with Crippen molar-refractivity contribution in [3.63, 3.8) is 0 Å². The van der Waals surface area contributed by atoms with Crippen LogP contribution in [-0.4, -0.2) is 71.3 Å². The van der Waals surface area contributed by atoms with E-state index in [-0.39, 0.29) is 11.4 Å². The predicted molar refractivity (Wildman–Crippen MR) is 79.1 cm³/mol. The van der Waals surface area contributed by atoms with Crippen molar-refractivity contribution in [2.75, 3.05) is 32.7 Å². The molecule has 116 valence electrons. The van der Waals surface area contributed by atoms with Crippen LogP contribution in [-0.2, 0) is 4.74 Å². The van der Waals surface area contributed by atoms with Gasteiger partial charge in [0.05, 0.1) is 17.7 Å². The lowest BCUT2D eigenvalue weighted by molar-refractivity contribution is 0.0116. The van der Waals surface area contributed by atoms with Crippen LogP contribution in [0.5, 0.6) is 0 Å². The lowest BCUT2D eigenvalue weighted by atomic mass is 10.00. The van der Waals surface area contributed by atoms with E-state index in [2.05, 4.69) is 21.9 Å². The van der Waals surface area contributed by atoms with Crippen molar-refractivity contribution in [1.82, 2.24) is 9.80 Å². The Morgan fingerprint density at radius 2 is 1.95 bits per heavy atom. The molecule has 6 heteroatoms. The van der Waals surface area contributed by atoms with Gasteiger partial charge >= 0.3 is 0 Å². The second kappa shape index (κ2) is 6.28. The van der Waals surface area contributed by atoms with E-state index in [1.54, 1.807) is 0 Å². The Hall–Kier alpha value is -0.850. The Morgan fingerprint density at radius 3 is 2.45 bits per heavy atom. The van der Waals surface area contributed by atoms with Crippen LogP contribution < -0.4 is 5.73 Å². The normalized spacial score (nSPS) is 30.9. The molecule has 0 radical (unpaired) electrons. The van der Waals surface area contributed by atoms with Crippen LogP contribution in [0.25, 0.3) is 0 Å². The molecular weight excluding hydrogens is 256 g/mol. The SMILES string of the molecule is CC1CCC(CN2CCN(C(C)(C)C(N)=NO)CC2)O1. The predicted octanol–water partition coefficient (Wildman–Crippen LogP) is 0.697. The van der Waals surface area contributed by atoms with Gasteiger partial charge in [0.1, 0.15) is 0 Å². The summed E-state index contributed by atoms with van der Waals surface area (Å²) < 4.78 is 5.89. The van der Waals surface area contributed by atoms with Crippen molar-refractivity contribution in [3.05, 3.63) is 0 Å². The summed E-state index contributed by atoms with van der Waals surface area (Å²) in [6, 6.07) is 0. The van der Waals surface area contributed by atoms with Crippen LogP contribution >= 0.6 is 0 Å². The van der Waals surface area contributed by atoms with E-state index in [0.29, 0.717) is 12.2 Å². The molecule has 0 saturated carbocycles. The fraction of sp³-hybridized carbons (Fsp3) is 0.929. The Bertz CT molecular complexity index is 351. The Kier molecular flexibility index (Phi) is 4.88. The number of nitrogens with two attached hydrogens (primary N) is 1. The van der Waals surface area contributed by atoms with Crippen LogP contribution in [0.1, 0.15) is 33.6 Å². The molecule has 20 heavy (non-hydrogen) atoms. The van der Waals surface area contributed by atoms with Gasteiger partial charge in [-0.3, -0.25) is 9.80 Å². The van der Waals surface area contributed by atoms with Crippen molar-refractivity contribution in [2.24, 2.45) is 10.9 Å². The van der Waals surface area contributed by atoms with Gasteiger partial charge in [0.2, 0.25) is 0 Å². The van der Waals surface area contributed by atoms with Crippen molar-refractivity contribution < 1.29 is 9.94 Å². The summed E-state index contributed by atoms with van der Waals surface area (Å²) in [7, 11) is 0. The maximum absolute atomic E-state index is 8.88. The van der Waals surface area contributed by atoms with Gasteiger partial charge in [-0.15, -0.1) is 0 Å².